The Balaban J connectivity index is 2.22. The number of non-ortho nitro benzene ring substituents is 1. The Kier molecular flexibility index (Phi) is 2.82. The zero-order chi connectivity index (χ0) is 16.1. The maximum atomic E-state index is 12.3. The number of rotatable bonds is 1. The van der Waals surface area contributed by atoms with Gasteiger partial charge in [-0.05, 0) is 6.07 Å². The number of aromatic nitrogens is 1. The van der Waals surface area contributed by atoms with Crippen LogP contribution in [0.1, 0.15) is 0 Å². The Labute approximate surface area is 133 Å². The summed E-state index contributed by atoms with van der Waals surface area (Å²) in [4.78, 5) is 27.1. The molecule has 4 rings (SSSR count). The molecule has 23 heavy (non-hydrogen) atoms. The Morgan fingerprint density at radius 2 is 1.87 bits per heavy atom. The van der Waals surface area contributed by atoms with Gasteiger partial charge < -0.3 is 4.42 Å². The van der Waals surface area contributed by atoms with E-state index in [0.717, 1.165) is 0 Å². The van der Waals surface area contributed by atoms with E-state index in [2.05, 4.69) is 4.98 Å². The van der Waals surface area contributed by atoms with Crippen molar-refractivity contribution in [1.82, 2.24) is 4.98 Å². The van der Waals surface area contributed by atoms with E-state index in [4.69, 9.17) is 16.0 Å². The van der Waals surface area contributed by atoms with Crippen LogP contribution < -0.4 is 5.43 Å². The first-order valence-corrected chi connectivity index (χ1v) is 7.03. The summed E-state index contributed by atoms with van der Waals surface area (Å²) in [6.45, 7) is 0. The molecule has 0 bridgehead atoms. The van der Waals surface area contributed by atoms with E-state index in [1.807, 2.05) is 0 Å². The van der Waals surface area contributed by atoms with E-state index >= 15 is 0 Å². The molecule has 0 saturated carbocycles. The topological polar surface area (TPSA) is 86.2 Å². The molecule has 1 heterocycles. The monoisotopic (exact) mass is 326 g/mol. The molecule has 0 saturated heterocycles. The van der Waals surface area contributed by atoms with Crippen molar-refractivity contribution < 1.29 is 9.34 Å². The minimum Gasteiger partial charge on any atom is -0.451 e. The van der Waals surface area contributed by atoms with Crippen molar-refractivity contribution in [2.45, 2.75) is 0 Å². The molecule has 0 spiro atoms. The lowest BCUT2D eigenvalue weighted by Crippen LogP contribution is -2.06. The summed E-state index contributed by atoms with van der Waals surface area (Å²) in [5, 5.41) is 11.9. The van der Waals surface area contributed by atoms with E-state index in [-0.39, 0.29) is 21.9 Å². The van der Waals surface area contributed by atoms with Gasteiger partial charge in [-0.3, -0.25) is 14.9 Å². The second-order valence-electron chi connectivity index (χ2n) is 4.99. The molecule has 2 aromatic rings. The van der Waals surface area contributed by atoms with Crippen molar-refractivity contribution in [3.05, 3.63) is 67.8 Å². The largest absolute Gasteiger partial charge is 0.451 e. The van der Waals surface area contributed by atoms with Crippen molar-refractivity contribution in [2.24, 2.45) is 0 Å². The first kappa shape index (κ1) is 13.7. The second kappa shape index (κ2) is 4.76. The third-order valence-electron chi connectivity index (χ3n) is 3.64. The highest BCUT2D eigenvalue weighted by Crippen LogP contribution is 2.35. The lowest BCUT2D eigenvalue weighted by atomic mass is 10.0. The Hall–Kier alpha value is -2.99. The van der Waals surface area contributed by atoms with E-state index in [1.165, 1.54) is 18.2 Å². The van der Waals surface area contributed by atoms with E-state index in [1.54, 1.807) is 24.3 Å². The third kappa shape index (κ3) is 1.96. The number of hydrogen-bond donors (Lipinski definition) is 0. The Morgan fingerprint density at radius 1 is 1.13 bits per heavy atom. The van der Waals surface area contributed by atoms with Crippen molar-refractivity contribution in [3.8, 4) is 11.5 Å². The van der Waals surface area contributed by atoms with Crippen molar-refractivity contribution in [1.29, 1.82) is 0 Å². The number of halogens is 1. The van der Waals surface area contributed by atoms with Gasteiger partial charge in [-0.15, -0.1) is 0 Å². The minimum absolute atomic E-state index is 0.0496. The average Bonchev–Trinajstić information content (AvgIpc) is 2.58. The summed E-state index contributed by atoms with van der Waals surface area (Å²) in [5.41, 5.74) is 0.626. The Bertz CT molecular complexity index is 1140. The number of nitro benzene ring substituents is 1. The van der Waals surface area contributed by atoms with Crippen LogP contribution in [0.15, 0.2) is 51.7 Å². The van der Waals surface area contributed by atoms with Crippen LogP contribution in [0.4, 0.5) is 5.69 Å². The molecule has 0 aromatic heterocycles. The first-order valence-electron chi connectivity index (χ1n) is 6.65. The maximum absolute atomic E-state index is 12.3. The molecule has 0 N–H and O–H groups in total. The molecule has 0 amide bonds. The Morgan fingerprint density at radius 3 is 2.61 bits per heavy atom. The highest BCUT2D eigenvalue weighted by molar-refractivity contribution is 6.34. The van der Waals surface area contributed by atoms with Gasteiger partial charge in [0.15, 0.2) is 11.3 Å². The standard InChI is InChI=1S/C16H7ClN2O4/c17-13-15(20)10-4-2-1-3-9(10)14-16(13)23-12-6-5-8(19(21)22)7-11(12)18-14/h1-7H. The molecule has 0 fully saturated rings. The fraction of sp³-hybridized carbons (Fsp3) is 0. The SMILES string of the molecule is O=c1c(Cl)c2oc3ccc([N+](=O)[O-])cc3nc-2c2ccccc12. The third-order valence-corrected chi connectivity index (χ3v) is 3.98. The summed E-state index contributed by atoms with van der Waals surface area (Å²) in [7, 11) is 0. The number of nitro groups is 1. The number of fused-ring (bicyclic) bond motifs is 4. The zero-order valence-electron chi connectivity index (χ0n) is 11.4. The first-order chi connectivity index (χ1) is 11.1. The molecule has 1 aliphatic carbocycles. The molecule has 2 aromatic carbocycles. The predicted molar refractivity (Wildman–Crippen MR) is 86.1 cm³/mol. The maximum Gasteiger partial charge on any atom is 0.271 e. The predicted octanol–water partition coefficient (Wildman–Crippen LogP) is 4.01. The number of nitrogens with zero attached hydrogens (tertiary/aromatic N) is 2. The van der Waals surface area contributed by atoms with Gasteiger partial charge >= 0.3 is 0 Å². The van der Waals surface area contributed by atoms with Crippen LogP contribution in [0, 0.1) is 10.1 Å². The zero-order valence-corrected chi connectivity index (χ0v) is 12.2. The lowest BCUT2D eigenvalue weighted by Gasteiger charge is -2.10. The molecular formula is C16H7ClN2O4. The highest BCUT2D eigenvalue weighted by Gasteiger charge is 2.21. The second-order valence-corrected chi connectivity index (χ2v) is 5.37. The van der Waals surface area contributed by atoms with E-state index in [9.17, 15) is 14.9 Å². The summed E-state index contributed by atoms with van der Waals surface area (Å²) in [6.07, 6.45) is 0. The summed E-state index contributed by atoms with van der Waals surface area (Å²) >= 11 is 6.13. The molecule has 112 valence electrons. The summed E-state index contributed by atoms with van der Waals surface area (Å²) < 4.78 is 5.68. The van der Waals surface area contributed by atoms with Crippen LogP contribution in [0.25, 0.3) is 33.3 Å². The van der Waals surface area contributed by atoms with Gasteiger partial charge in [0.25, 0.3) is 5.69 Å². The molecule has 1 aliphatic heterocycles. The average molecular weight is 327 g/mol. The summed E-state index contributed by atoms with van der Waals surface area (Å²) in [6, 6.07) is 11.0. The molecule has 2 aliphatic rings. The lowest BCUT2D eigenvalue weighted by molar-refractivity contribution is -0.384. The van der Waals surface area contributed by atoms with Crippen molar-refractivity contribution in [3.63, 3.8) is 0 Å². The van der Waals surface area contributed by atoms with Gasteiger partial charge in [-0.1, -0.05) is 35.9 Å². The van der Waals surface area contributed by atoms with Crippen molar-refractivity contribution in [2.75, 3.05) is 0 Å². The van der Waals surface area contributed by atoms with Crippen LogP contribution >= 0.6 is 11.6 Å². The normalized spacial score (nSPS) is 11.3. The smallest absolute Gasteiger partial charge is 0.271 e. The molecule has 0 unspecified atom stereocenters. The van der Waals surface area contributed by atoms with E-state index < -0.39 is 4.92 Å². The van der Waals surface area contributed by atoms with Gasteiger partial charge in [-0.2, -0.15) is 0 Å². The van der Waals surface area contributed by atoms with Crippen LogP contribution in [-0.4, -0.2) is 9.91 Å². The fourth-order valence-electron chi connectivity index (χ4n) is 2.56. The molecule has 6 nitrogen and oxygen atoms in total. The van der Waals surface area contributed by atoms with Gasteiger partial charge in [-0.25, -0.2) is 4.98 Å². The quantitative estimate of drug-likeness (QED) is 0.228. The van der Waals surface area contributed by atoms with Crippen LogP contribution in [0.2, 0.25) is 5.02 Å². The van der Waals surface area contributed by atoms with Gasteiger partial charge in [0.05, 0.1) is 4.92 Å². The summed E-state index contributed by atoms with van der Waals surface area (Å²) in [5.74, 6) is 0.178. The number of hydrogen-bond acceptors (Lipinski definition) is 5. The minimum atomic E-state index is -0.503. The van der Waals surface area contributed by atoms with Gasteiger partial charge in [0.1, 0.15) is 16.2 Å². The van der Waals surface area contributed by atoms with Gasteiger partial charge in [0, 0.05) is 22.9 Å². The van der Waals surface area contributed by atoms with Crippen molar-refractivity contribution >= 4 is 39.2 Å². The molecule has 7 heteroatoms. The van der Waals surface area contributed by atoms with Crippen LogP contribution in [-0.2, 0) is 0 Å². The highest BCUT2D eigenvalue weighted by atomic mass is 35.5. The fourth-order valence-corrected chi connectivity index (χ4v) is 2.79. The van der Waals surface area contributed by atoms with Crippen LogP contribution in [0.5, 0.6) is 0 Å². The van der Waals surface area contributed by atoms with Crippen LogP contribution in [0.3, 0.4) is 0 Å². The molecule has 0 atom stereocenters. The van der Waals surface area contributed by atoms with Gasteiger partial charge in [0.2, 0.25) is 5.43 Å². The molecule has 0 radical (unpaired) electrons. The number of benzene rings is 3. The molecular weight excluding hydrogens is 320 g/mol. The van der Waals surface area contributed by atoms with E-state index in [0.29, 0.717) is 27.6 Å².